The van der Waals surface area contributed by atoms with Gasteiger partial charge in [-0.05, 0) is 26.7 Å². The highest BCUT2D eigenvalue weighted by Gasteiger charge is 2.31. The maximum atomic E-state index is 12.6. The molecule has 0 saturated heterocycles. The van der Waals surface area contributed by atoms with E-state index in [-0.39, 0.29) is 40.9 Å². The molecule has 1 aromatic heterocycles. The van der Waals surface area contributed by atoms with E-state index in [1.165, 1.54) is 39.7 Å². The van der Waals surface area contributed by atoms with E-state index in [2.05, 4.69) is 14.8 Å². The van der Waals surface area contributed by atoms with Crippen LogP contribution in [0.25, 0.3) is 0 Å². The van der Waals surface area contributed by atoms with Crippen LogP contribution in [0.5, 0.6) is 0 Å². The molecule has 7 nitrogen and oxygen atoms in total. The van der Waals surface area contributed by atoms with Crippen LogP contribution < -0.4 is 10.0 Å². The smallest absolute Gasteiger partial charge is 0.342 e. The molecule has 1 aromatic rings. The van der Waals surface area contributed by atoms with Crippen LogP contribution in [0.2, 0.25) is 0 Å². The molecule has 0 atom stereocenters. The Morgan fingerprint density at radius 3 is 2.31 bits per heavy atom. The van der Waals surface area contributed by atoms with E-state index in [1.807, 2.05) is 0 Å². The van der Waals surface area contributed by atoms with Crippen molar-refractivity contribution in [2.75, 3.05) is 20.2 Å². The Kier molecular flexibility index (Phi) is 9.09. The second-order valence-corrected chi connectivity index (χ2v) is 8.15. The van der Waals surface area contributed by atoms with Gasteiger partial charge in [-0.2, -0.15) is 0 Å². The maximum absolute atomic E-state index is 12.6. The summed E-state index contributed by atoms with van der Waals surface area (Å²) in [4.78, 5) is 11.8. The molecule has 0 spiro atoms. The van der Waals surface area contributed by atoms with Crippen LogP contribution in [-0.2, 0) is 14.8 Å². The fourth-order valence-corrected chi connectivity index (χ4v) is 4.77. The summed E-state index contributed by atoms with van der Waals surface area (Å²) in [5.74, 6) is -0.297. The average Bonchev–Trinajstić information content (AvgIpc) is 2.75. The third-order valence-corrected chi connectivity index (χ3v) is 6.18. The van der Waals surface area contributed by atoms with Crippen molar-refractivity contribution < 1.29 is 22.4 Å². The van der Waals surface area contributed by atoms with E-state index >= 15 is 0 Å². The molecular formula is C17H29ClN2O5S. The first-order chi connectivity index (χ1) is 11.9. The van der Waals surface area contributed by atoms with Crippen molar-refractivity contribution in [1.82, 2.24) is 10.0 Å². The highest BCUT2D eigenvalue weighted by molar-refractivity contribution is 7.89. The second kappa shape index (κ2) is 10.3. The lowest BCUT2D eigenvalue weighted by Gasteiger charge is -2.16. The minimum atomic E-state index is -3.85. The van der Waals surface area contributed by atoms with Gasteiger partial charge in [0.1, 0.15) is 22.0 Å². The van der Waals surface area contributed by atoms with Crippen molar-refractivity contribution in [1.29, 1.82) is 0 Å². The van der Waals surface area contributed by atoms with E-state index in [9.17, 15) is 13.2 Å². The minimum Gasteiger partial charge on any atom is -0.465 e. The number of furan rings is 1. The lowest BCUT2D eigenvalue weighted by Crippen LogP contribution is -2.37. The number of hydrogen-bond acceptors (Lipinski definition) is 6. The first kappa shape index (κ1) is 23.0. The molecule has 0 radical (unpaired) electrons. The second-order valence-electron chi connectivity index (χ2n) is 6.45. The monoisotopic (exact) mass is 408 g/mol. The van der Waals surface area contributed by atoms with Crippen LogP contribution in [0.4, 0.5) is 0 Å². The molecule has 2 rings (SSSR count). The largest absolute Gasteiger partial charge is 0.465 e. The van der Waals surface area contributed by atoms with Gasteiger partial charge < -0.3 is 14.5 Å². The lowest BCUT2D eigenvalue weighted by atomic mass is 10.1. The van der Waals surface area contributed by atoms with Gasteiger partial charge in [0.15, 0.2) is 0 Å². The van der Waals surface area contributed by atoms with E-state index in [0.29, 0.717) is 12.6 Å². The predicted octanol–water partition coefficient (Wildman–Crippen LogP) is 2.70. The molecule has 9 heteroatoms. The van der Waals surface area contributed by atoms with Crippen molar-refractivity contribution >= 4 is 28.4 Å². The Labute approximate surface area is 161 Å². The summed E-state index contributed by atoms with van der Waals surface area (Å²) in [5.41, 5.74) is -0.0378. The number of carbonyl (C=O) groups excluding carboxylic acids is 1. The van der Waals surface area contributed by atoms with Gasteiger partial charge >= 0.3 is 5.97 Å². The molecule has 1 fully saturated rings. The first-order valence-corrected chi connectivity index (χ1v) is 10.3. The van der Waals surface area contributed by atoms with Gasteiger partial charge in [0.05, 0.1) is 7.11 Å². The predicted molar refractivity (Wildman–Crippen MR) is 101 cm³/mol. The number of halogens is 1. The Morgan fingerprint density at radius 2 is 1.73 bits per heavy atom. The molecule has 1 aliphatic carbocycles. The minimum absolute atomic E-state index is 0. The number of carbonyl (C=O) groups is 1. The summed E-state index contributed by atoms with van der Waals surface area (Å²) in [6.07, 6.45) is 7.28. The van der Waals surface area contributed by atoms with Crippen molar-refractivity contribution in [3.63, 3.8) is 0 Å². The van der Waals surface area contributed by atoms with E-state index in [4.69, 9.17) is 4.42 Å². The van der Waals surface area contributed by atoms with Gasteiger partial charge in [-0.1, -0.05) is 25.7 Å². The summed E-state index contributed by atoms with van der Waals surface area (Å²) in [7, 11) is -2.64. The average molecular weight is 409 g/mol. The van der Waals surface area contributed by atoms with Gasteiger partial charge in [-0.25, -0.2) is 17.9 Å². The van der Waals surface area contributed by atoms with Crippen molar-refractivity contribution in [2.24, 2.45) is 0 Å². The number of nitrogens with one attached hydrogen (secondary N) is 2. The summed E-state index contributed by atoms with van der Waals surface area (Å²) >= 11 is 0. The van der Waals surface area contributed by atoms with Crippen LogP contribution in [0.15, 0.2) is 9.31 Å². The van der Waals surface area contributed by atoms with Crippen molar-refractivity contribution in [3.05, 3.63) is 17.1 Å². The normalized spacial score (nSPS) is 16.0. The third-order valence-electron chi connectivity index (χ3n) is 4.57. The zero-order chi connectivity index (χ0) is 18.4. The summed E-state index contributed by atoms with van der Waals surface area (Å²) in [6.45, 7) is 3.88. The fourth-order valence-electron chi connectivity index (χ4n) is 3.34. The Balaban J connectivity index is 0.00000338. The fraction of sp³-hybridized carbons (Fsp3) is 0.706. The highest BCUT2D eigenvalue weighted by atomic mass is 35.5. The molecule has 2 N–H and O–H groups in total. The molecule has 0 unspecified atom stereocenters. The molecule has 1 heterocycles. The summed E-state index contributed by atoms with van der Waals surface area (Å²) in [6, 6.07) is 0.454. The van der Waals surface area contributed by atoms with E-state index in [1.54, 1.807) is 6.92 Å². The first-order valence-electron chi connectivity index (χ1n) is 8.78. The maximum Gasteiger partial charge on any atom is 0.342 e. The quantitative estimate of drug-likeness (QED) is 0.409. The van der Waals surface area contributed by atoms with Crippen molar-refractivity contribution in [3.8, 4) is 0 Å². The number of rotatable bonds is 7. The highest BCUT2D eigenvalue weighted by Crippen LogP contribution is 2.27. The number of aryl methyl sites for hydroxylation is 2. The molecule has 1 aliphatic rings. The van der Waals surface area contributed by atoms with Gasteiger partial charge in [0.25, 0.3) is 0 Å². The SMILES string of the molecule is COC(=O)c1c(C)oc(C)c1S(=O)(=O)NCCNC1CCCCCC1.Cl. The van der Waals surface area contributed by atoms with Crippen LogP contribution in [0, 0.1) is 13.8 Å². The zero-order valence-corrected chi connectivity index (χ0v) is 17.2. The van der Waals surface area contributed by atoms with E-state index < -0.39 is 16.0 Å². The van der Waals surface area contributed by atoms with Crippen LogP contribution >= 0.6 is 12.4 Å². The van der Waals surface area contributed by atoms with E-state index in [0.717, 1.165) is 12.8 Å². The Bertz CT molecular complexity index is 694. The molecule has 0 aromatic carbocycles. The van der Waals surface area contributed by atoms with Gasteiger partial charge in [-0.15, -0.1) is 12.4 Å². The van der Waals surface area contributed by atoms with Crippen LogP contribution in [0.1, 0.15) is 60.4 Å². The molecule has 1 saturated carbocycles. The molecule has 26 heavy (non-hydrogen) atoms. The number of sulfonamides is 1. The van der Waals surface area contributed by atoms with Gasteiger partial charge in [0.2, 0.25) is 10.0 Å². The molecule has 0 aliphatic heterocycles. The van der Waals surface area contributed by atoms with Crippen molar-refractivity contribution in [2.45, 2.75) is 63.3 Å². The van der Waals surface area contributed by atoms with Gasteiger partial charge in [0, 0.05) is 19.1 Å². The molecule has 0 amide bonds. The zero-order valence-electron chi connectivity index (χ0n) is 15.6. The molecule has 150 valence electrons. The third kappa shape index (κ3) is 5.70. The number of esters is 1. The molecule has 0 bridgehead atoms. The lowest BCUT2D eigenvalue weighted by molar-refractivity contribution is 0.0595. The number of ether oxygens (including phenoxy) is 1. The van der Waals surface area contributed by atoms with Gasteiger partial charge in [-0.3, -0.25) is 0 Å². The van der Waals surface area contributed by atoms with Crippen LogP contribution in [0.3, 0.4) is 0 Å². The number of methoxy groups -OCH3 is 1. The number of hydrogen-bond donors (Lipinski definition) is 2. The Hall–Kier alpha value is -1.09. The summed E-state index contributed by atoms with van der Waals surface area (Å²) < 4.78 is 37.8. The Morgan fingerprint density at radius 1 is 1.12 bits per heavy atom. The standard InChI is InChI=1S/C17H28N2O5S.ClH/c1-12-15(17(20)23-3)16(13(2)24-12)25(21,22)19-11-10-18-14-8-6-4-5-7-9-14;/h14,18-19H,4-11H2,1-3H3;1H. The topological polar surface area (TPSA) is 97.6 Å². The van der Waals surface area contributed by atoms with Crippen LogP contribution in [-0.4, -0.2) is 40.6 Å². The summed E-state index contributed by atoms with van der Waals surface area (Å²) in [5, 5.41) is 3.41. The molecular weight excluding hydrogens is 380 g/mol.